The quantitative estimate of drug-likeness (QED) is 0.820. The van der Waals surface area contributed by atoms with Crippen molar-refractivity contribution in [2.75, 3.05) is 32.8 Å². The van der Waals surface area contributed by atoms with Gasteiger partial charge in [-0.05, 0) is 30.9 Å². The number of nitrogens with two attached hydrogens (primary N) is 1. The molecule has 3 N–H and O–H groups in total. The third kappa shape index (κ3) is 5.17. The summed E-state index contributed by atoms with van der Waals surface area (Å²) in [6, 6.07) is 10.2. The van der Waals surface area contributed by atoms with Gasteiger partial charge in [-0.25, -0.2) is 4.79 Å². The fourth-order valence-corrected chi connectivity index (χ4v) is 3.69. The molecule has 1 aromatic carbocycles. The molecule has 1 aliphatic heterocycles. The number of morpholine rings is 1. The fraction of sp³-hybridized carbons (Fsp3) is 0.632. The van der Waals surface area contributed by atoms with Gasteiger partial charge in [0.1, 0.15) is 6.61 Å². The molecule has 2 fully saturated rings. The predicted molar refractivity (Wildman–Crippen MR) is 96.1 cm³/mol. The van der Waals surface area contributed by atoms with E-state index in [2.05, 4.69) is 5.32 Å². The smallest absolute Gasteiger partial charge is 0.410 e. The van der Waals surface area contributed by atoms with Crippen molar-refractivity contribution in [3.05, 3.63) is 35.9 Å². The second-order valence-corrected chi connectivity index (χ2v) is 6.92. The van der Waals surface area contributed by atoms with Crippen LogP contribution in [0.1, 0.15) is 24.8 Å². The highest BCUT2D eigenvalue weighted by Gasteiger charge is 2.29. The Balaban J connectivity index is 1.42. The molecule has 3 unspecified atom stereocenters. The van der Waals surface area contributed by atoms with Crippen molar-refractivity contribution in [2.45, 2.75) is 38.0 Å². The number of carbonyl (C=O) groups is 1. The molecule has 3 rings (SSSR count). The Kier molecular flexibility index (Phi) is 6.67. The number of carbonyl (C=O) groups excluding carboxylic acids is 1. The first-order chi connectivity index (χ1) is 12.3. The van der Waals surface area contributed by atoms with E-state index >= 15 is 0 Å². The van der Waals surface area contributed by atoms with Crippen molar-refractivity contribution in [3.63, 3.8) is 0 Å². The van der Waals surface area contributed by atoms with Gasteiger partial charge in [-0.3, -0.25) is 0 Å². The zero-order valence-electron chi connectivity index (χ0n) is 14.7. The average molecular weight is 347 g/mol. The molecule has 1 aliphatic carbocycles. The Labute approximate surface area is 149 Å². The first-order valence-electron chi connectivity index (χ1n) is 9.27. The fourth-order valence-electron chi connectivity index (χ4n) is 3.69. The van der Waals surface area contributed by atoms with Crippen LogP contribution in [0.5, 0.6) is 0 Å². The molecule has 0 bridgehead atoms. The molecule has 1 amide bonds. The SMILES string of the molecule is NCC1CCCC1NCC1CN(C(=O)OCc2ccccc2)CCO1. The highest BCUT2D eigenvalue weighted by molar-refractivity contribution is 5.67. The third-order valence-electron chi connectivity index (χ3n) is 5.17. The Morgan fingerprint density at radius 3 is 2.96 bits per heavy atom. The minimum atomic E-state index is -0.266. The number of rotatable bonds is 6. The Morgan fingerprint density at radius 2 is 2.16 bits per heavy atom. The maximum absolute atomic E-state index is 12.3. The lowest BCUT2D eigenvalue weighted by Gasteiger charge is -2.33. The number of benzene rings is 1. The van der Waals surface area contributed by atoms with E-state index in [1.807, 2.05) is 30.3 Å². The molecule has 138 valence electrons. The summed E-state index contributed by atoms with van der Waals surface area (Å²) in [5.74, 6) is 0.565. The minimum absolute atomic E-state index is 0.0112. The van der Waals surface area contributed by atoms with Gasteiger partial charge in [0.2, 0.25) is 0 Å². The molecule has 0 radical (unpaired) electrons. The van der Waals surface area contributed by atoms with Gasteiger partial charge in [0.05, 0.1) is 19.3 Å². The van der Waals surface area contributed by atoms with Crippen LogP contribution >= 0.6 is 0 Å². The van der Waals surface area contributed by atoms with Crippen molar-refractivity contribution in [1.82, 2.24) is 10.2 Å². The predicted octanol–water partition coefficient (Wildman–Crippen LogP) is 1.74. The molecule has 2 aliphatic rings. The van der Waals surface area contributed by atoms with E-state index in [0.29, 0.717) is 38.3 Å². The number of ether oxygens (including phenoxy) is 2. The molecular formula is C19H29N3O3. The van der Waals surface area contributed by atoms with Crippen molar-refractivity contribution >= 4 is 6.09 Å². The molecule has 6 nitrogen and oxygen atoms in total. The summed E-state index contributed by atoms with van der Waals surface area (Å²) >= 11 is 0. The van der Waals surface area contributed by atoms with Crippen molar-refractivity contribution in [2.24, 2.45) is 11.7 Å². The number of nitrogens with one attached hydrogen (secondary N) is 1. The van der Waals surface area contributed by atoms with Crippen LogP contribution in [-0.2, 0) is 16.1 Å². The van der Waals surface area contributed by atoms with Crippen molar-refractivity contribution in [3.8, 4) is 0 Å². The summed E-state index contributed by atoms with van der Waals surface area (Å²) in [4.78, 5) is 14.0. The van der Waals surface area contributed by atoms with E-state index in [0.717, 1.165) is 18.7 Å². The second kappa shape index (κ2) is 9.17. The lowest BCUT2D eigenvalue weighted by atomic mass is 10.0. The monoisotopic (exact) mass is 347 g/mol. The molecule has 25 heavy (non-hydrogen) atoms. The maximum Gasteiger partial charge on any atom is 0.410 e. The first-order valence-corrected chi connectivity index (χ1v) is 9.27. The van der Waals surface area contributed by atoms with Gasteiger partial charge in [0.25, 0.3) is 0 Å². The maximum atomic E-state index is 12.3. The first kappa shape index (κ1) is 18.2. The van der Waals surface area contributed by atoms with Gasteiger partial charge in [-0.15, -0.1) is 0 Å². The summed E-state index contributed by atoms with van der Waals surface area (Å²) in [7, 11) is 0. The summed E-state index contributed by atoms with van der Waals surface area (Å²) in [6.45, 7) is 3.50. The van der Waals surface area contributed by atoms with Gasteiger partial charge in [0.15, 0.2) is 0 Å². The van der Waals surface area contributed by atoms with Gasteiger partial charge in [-0.1, -0.05) is 36.8 Å². The van der Waals surface area contributed by atoms with Gasteiger partial charge in [0, 0.05) is 19.1 Å². The topological polar surface area (TPSA) is 76.8 Å². The van der Waals surface area contributed by atoms with E-state index < -0.39 is 0 Å². The lowest BCUT2D eigenvalue weighted by molar-refractivity contribution is -0.0283. The van der Waals surface area contributed by atoms with Crippen LogP contribution < -0.4 is 11.1 Å². The van der Waals surface area contributed by atoms with E-state index in [4.69, 9.17) is 15.2 Å². The number of hydrogen-bond acceptors (Lipinski definition) is 5. The lowest BCUT2D eigenvalue weighted by Crippen LogP contribution is -2.50. The van der Waals surface area contributed by atoms with E-state index in [1.165, 1.54) is 19.3 Å². The highest BCUT2D eigenvalue weighted by Crippen LogP contribution is 2.24. The Bertz CT molecular complexity index is 540. The van der Waals surface area contributed by atoms with Crippen LogP contribution in [0.25, 0.3) is 0 Å². The molecular weight excluding hydrogens is 318 g/mol. The number of hydrogen-bond donors (Lipinski definition) is 2. The van der Waals surface area contributed by atoms with Crippen molar-refractivity contribution in [1.29, 1.82) is 0 Å². The average Bonchev–Trinajstić information content (AvgIpc) is 3.13. The molecule has 1 saturated heterocycles. The zero-order chi connectivity index (χ0) is 17.5. The van der Waals surface area contributed by atoms with Crippen LogP contribution in [0.3, 0.4) is 0 Å². The largest absolute Gasteiger partial charge is 0.445 e. The Morgan fingerprint density at radius 1 is 1.32 bits per heavy atom. The molecule has 1 saturated carbocycles. The molecule has 0 aromatic heterocycles. The number of nitrogens with zero attached hydrogens (tertiary/aromatic N) is 1. The zero-order valence-corrected chi connectivity index (χ0v) is 14.7. The molecule has 1 heterocycles. The Hall–Kier alpha value is -1.63. The standard InChI is InChI=1S/C19H29N3O3/c20-11-16-7-4-8-18(16)21-12-17-13-22(9-10-24-17)19(23)25-14-15-5-2-1-3-6-15/h1-3,5-6,16-18,21H,4,7-14,20H2. The van der Waals surface area contributed by atoms with Crippen molar-refractivity contribution < 1.29 is 14.3 Å². The summed E-state index contributed by atoms with van der Waals surface area (Å²) in [5.41, 5.74) is 6.83. The van der Waals surface area contributed by atoms with Crippen LogP contribution in [0, 0.1) is 5.92 Å². The van der Waals surface area contributed by atoms with E-state index in [-0.39, 0.29) is 12.2 Å². The minimum Gasteiger partial charge on any atom is -0.445 e. The van der Waals surface area contributed by atoms with Crippen LogP contribution in [-0.4, -0.2) is 55.9 Å². The molecule has 0 spiro atoms. The molecule has 1 aromatic rings. The van der Waals surface area contributed by atoms with E-state index in [1.54, 1.807) is 4.90 Å². The summed E-state index contributed by atoms with van der Waals surface area (Å²) in [6.07, 6.45) is 3.37. The van der Waals surface area contributed by atoms with Crippen LogP contribution in [0.2, 0.25) is 0 Å². The van der Waals surface area contributed by atoms with Gasteiger partial charge >= 0.3 is 6.09 Å². The number of amides is 1. The third-order valence-corrected chi connectivity index (χ3v) is 5.17. The molecule has 3 atom stereocenters. The normalized spacial score (nSPS) is 26.6. The van der Waals surface area contributed by atoms with E-state index in [9.17, 15) is 4.79 Å². The second-order valence-electron chi connectivity index (χ2n) is 6.92. The highest BCUT2D eigenvalue weighted by atomic mass is 16.6. The molecule has 6 heteroatoms. The van der Waals surface area contributed by atoms with Gasteiger partial charge < -0.3 is 25.4 Å². The van der Waals surface area contributed by atoms with Crippen LogP contribution in [0.15, 0.2) is 30.3 Å². The summed E-state index contributed by atoms with van der Waals surface area (Å²) < 4.78 is 11.2. The van der Waals surface area contributed by atoms with Crippen LogP contribution in [0.4, 0.5) is 4.79 Å². The summed E-state index contributed by atoms with van der Waals surface area (Å²) in [5, 5.41) is 3.59. The van der Waals surface area contributed by atoms with Gasteiger partial charge in [-0.2, -0.15) is 0 Å².